The Morgan fingerprint density at radius 2 is 0.833 bits per heavy atom. The van der Waals surface area contributed by atoms with Crippen LogP contribution in [0.2, 0.25) is 0 Å². The zero-order valence-electron chi connectivity index (χ0n) is 58.7. The zero-order chi connectivity index (χ0) is 68.5. The lowest BCUT2D eigenvalue weighted by Crippen LogP contribution is -2.09. The van der Waals surface area contributed by atoms with Crippen molar-refractivity contribution in [2.24, 2.45) is 0 Å². The highest BCUT2D eigenvalue weighted by molar-refractivity contribution is 7.27. The second-order valence-corrected chi connectivity index (χ2v) is 22.3. The molecule has 0 spiro atoms. The summed E-state index contributed by atoms with van der Waals surface area (Å²) in [5.41, 5.74) is 4.36. The van der Waals surface area contributed by atoms with Crippen molar-refractivity contribution in [1.29, 1.82) is 0 Å². The lowest BCUT2D eigenvalue weighted by atomic mass is 9.93. The maximum Gasteiger partial charge on any atom is 0.213 e. The van der Waals surface area contributed by atoms with Gasteiger partial charge in [-0.25, -0.2) is 19.8 Å². The van der Waals surface area contributed by atoms with Crippen LogP contribution in [-0.4, -0.2) is 24.1 Å². The SMILES string of the molecule is [2H]c1c([2H])c([2H])c(-c2ccc3sc4c(ccc5c4c4cc(-c6c([2H])c([2H])c([2H])c([2H])c6[2H])ccc4n5-c4c([N+]#[C-])cc(-c5nc(-c6ccccc6)nc(-c6ccccc6)n5)c(-c5c([2H])c([2H])c([2H])c([2H])c5[2H])c4-n4c5ccccc5c5c6sc7ccccc7c6ccc54)c3c2)c([2H])c1[2H]. The Bertz CT molecular complexity index is 6370. The van der Waals surface area contributed by atoms with Gasteiger partial charge in [0.25, 0.3) is 0 Å². The van der Waals surface area contributed by atoms with Crippen LogP contribution in [0.4, 0.5) is 5.69 Å². The van der Waals surface area contributed by atoms with Crippen molar-refractivity contribution in [2.45, 2.75) is 0 Å². The van der Waals surface area contributed by atoms with Crippen LogP contribution in [0.25, 0.3) is 168 Å². The van der Waals surface area contributed by atoms with Crippen LogP contribution in [0.3, 0.4) is 0 Å². The van der Waals surface area contributed by atoms with Crippen molar-refractivity contribution in [1.82, 2.24) is 24.1 Å². The zero-order valence-corrected chi connectivity index (χ0v) is 45.4. The number of para-hydroxylation sites is 1. The van der Waals surface area contributed by atoms with E-state index in [9.17, 15) is 14.8 Å². The van der Waals surface area contributed by atoms with Gasteiger partial charge in [-0.2, -0.15) is 0 Å². The van der Waals surface area contributed by atoms with E-state index in [-0.39, 0.29) is 80.0 Å². The van der Waals surface area contributed by atoms with E-state index in [0.29, 0.717) is 65.0 Å². The summed E-state index contributed by atoms with van der Waals surface area (Å²) in [4.78, 5) is 20.0. The van der Waals surface area contributed by atoms with Gasteiger partial charge in [-0.05, 0) is 82.4 Å². The van der Waals surface area contributed by atoms with Crippen LogP contribution >= 0.6 is 22.7 Å². The molecule has 12 aromatic carbocycles. The minimum Gasteiger partial charge on any atom is -0.317 e. The molecule has 5 heterocycles. The first kappa shape index (κ1) is 35.1. The average molecular weight is 1120 g/mol. The smallest absolute Gasteiger partial charge is 0.213 e. The standard InChI is InChI=1S/C76H44N6S2/c1-77-60-45-59(76-79-74(49-27-13-5-14-28-49)78-75(80-76)50-29-15-6-16-30-50)67(48-25-11-4-12-26-48)71(82-61-33-19-17-32-56(61)68-63(82)40-37-54-53-31-18-20-34-65(53)83-72(54)68)70(60)81-62-39-35-51(46-21-7-2-8-22-46)44-58(62)69-64(81)41-38-55-57-43-52(47-23-9-3-10-24-47)36-42-66(57)84-73(55)69/h2-45H/i2D,3D,4D,7D,8D,9D,10D,11D,12D,21D,22D,23D,24D,25D,26D. The van der Waals surface area contributed by atoms with Crippen LogP contribution in [0, 0.1) is 6.57 Å². The van der Waals surface area contributed by atoms with Gasteiger partial charge in [-0.1, -0.05) is 212 Å². The summed E-state index contributed by atoms with van der Waals surface area (Å²) in [6.45, 7) is 9.65. The lowest BCUT2D eigenvalue weighted by Gasteiger charge is -2.25. The summed E-state index contributed by atoms with van der Waals surface area (Å²) in [5.74, 6) is 0.501. The molecule has 0 fully saturated rings. The van der Waals surface area contributed by atoms with E-state index in [0.717, 1.165) is 35.6 Å². The molecule has 17 aromatic rings. The van der Waals surface area contributed by atoms with Crippen molar-refractivity contribution in [3.8, 4) is 78.9 Å². The van der Waals surface area contributed by atoms with Crippen molar-refractivity contribution in [3.63, 3.8) is 0 Å². The molecular weight excluding hydrogens is 1060 g/mol. The third kappa shape index (κ3) is 7.43. The van der Waals surface area contributed by atoms with E-state index in [1.54, 1.807) is 47.7 Å². The van der Waals surface area contributed by atoms with E-state index in [1.165, 1.54) is 11.3 Å². The van der Waals surface area contributed by atoms with Gasteiger partial charge in [0.1, 0.15) is 0 Å². The van der Waals surface area contributed by atoms with Crippen molar-refractivity contribution >= 4 is 112 Å². The van der Waals surface area contributed by atoms with Crippen LogP contribution in [0.5, 0.6) is 0 Å². The quantitative estimate of drug-likeness (QED) is 0.143. The number of hydrogen-bond donors (Lipinski definition) is 0. The Kier molecular flexibility index (Phi) is 8.01. The van der Waals surface area contributed by atoms with Gasteiger partial charge < -0.3 is 9.13 Å². The normalized spacial score (nSPS) is 14.3. The van der Waals surface area contributed by atoms with Gasteiger partial charge in [0.15, 0.2) is 17.5 Å². The van der Waals surface area contributed by atoms with E-state index >= 15 is 0 Å². The van der Waals surface area contributed by atoms with E-state index in [2.05, 4.69) is 23.0 Å². The highest BCUT2D eigenvalue weighted by Gasteiger charge is 2.31. The maximum absolute atomic E-state index is 10.1. The van der Waals surface area contributed by atoms with Gasteiger partial charge >= 0.3 is 0 Å². The fourth-order valence-corrected chi connectivity index (χ4v) is 14.6. The van der Waals surface area contributed by atoms with Crippen molar-refractivity contribution in [3.05, 3.63) is 278 Å². The topological polar surface area (TPSA) is 52.9 Å². The number of nitrogens with zero attached hydrogens (tertiary/aromatic N) is 6. The highest BCUT2D eigenvalue weighted by Crippen LogP contribution is 2.53. The first-order valence-electron chi connectivity index (χ1n) is 34.3. The van der Waals surface area contributed by atoms with Gasteiger partial charge in [-0.3, -0.25) is 0 Å². The van der Waals surface area contributed by atoms with E-state index < -0.39 is 78.6 Å². The Morgan fingerprint density at radius 3 is 1.46 bits per heavy atom. The molecule has 0 amide bonds. The molecule has 5 aromatic heterocycles. The van der Waals surface area contributed by atoms with Crippen LogP contribution in [0.1, 0.15) is 20.6 Å². The molecule has 8 heteroatoms. The van der Waals surface area contributed by atoms with Crippen molar-refractivity contribution < 1.29 is 20.6 Å². The Balaban J connectivity index is 1.10. The minimum absolute atomic E-state index is 0.00103. The summed E-state index contributed by atoms with van der Waals surface area (Å²) in [7, 11) is 0. The van der Waals surface area contributed by atoms with Crippen LogP contribution in [0.15, 0.2) is 267 Å². The molecule has 84 heavy (non-hydrogen) atoms. The third-order valence-corrected chi connectivity index (χ3v) is 18.0. The van der Waals surface area contributed by atoms with Gasteiger partial charge in [0.2, 0.25) is 5.69 Å². The molecule has 0 radical (unpaired) electrons. The summed E-state index contributed by atoms with van der Waals surface area (Å²) >= 11 is 3.03. The van der Waals surface area contributed by atoms with Crippen molar-refractivity contribution in [2.75, 3.05) is 0 Å². The highest BCUT2D eigenvalue weighted by atomic mass is 32.1. The molecule has 390 valence electrons. The Morgan fingerprint density at radius 1 is 0.357 bits per heavy atom. The summed E-state index contributed by atoms with van der Waals surface area (Å²) < 4.78 is 144. The second-order valence-electron chi connectivity index (χ2n) is 20.2. The maximum atomic E-state index is 10.1. The third-order valence-electron chi connectivity index (χ3n) is 15.6. The fraction of sp³-hybridized carbons (Fsp3) is 0. The molecule has 0 aliphatic carbocycles. The molecule has 0 aliphatic heterocycles. The first-order chi connectivity index (χ1) is 47.8. The van der Waals surface area contributed by atoms with Gasteiger partial charge in [-0.15, -0.1) is 22.7 Å². The molecule has 0 atom stereocenters. The van der Waals surface area contributed by atoms with Crippen LogP contribution < -0.4 is 0 Å². The molecule has 0 bridgehead atoms. The molecular formula is C76H44N6S2. The molecule has 0 aliphatic rings. The predicted molar refractivity (Wildman–Crippen MR) is 353 cm³/mol. The molecule has 0 unspecified atom stereocenters. The Hall–Kier alpha value is -10.8. The number of hydrogen-bond acceptors (Lipinski definition) is 5. The summed E-state index contributed by atoms with van der Waals surface area (Å²) in [6.07, 6.45) is 0. The average Bonchev–Trinajstić information content (AvgIpc) is 1.58. The van der Waals surface area contributed by atoms with Gasteiger partial charge in [0, 0.05) is 84.1 Å². The molecule has 6 nitrogen and oxygen atoms in total. The Labute approximate surface area is 511 Å². The summed E-state index contributed by atoms with van der Waals surface area (Å²) in [6, 6.07) is 46.8. The predicted octanol–water partition coefficient (Wildman–Crippen LogP) is 21.4. The van der Waals surface area contributed by atoms with E-state index in [1.807, 2.05) is 130 Å². The second kappa shape index (κ2) is 19.2. The monoisotopic (exact) mass is 1120 g/mol. The number of fused-ring (bicyclic) bond motifs is 14. The summed E-state index contributed by atoms with van der Waals surface area (Å²) in [5, 5.41) is 6.13. The largest absolute Gasteiger partial charge is 0.317 e. The fourth-order valence-electron chi connectivity index (χ4n) is 12.1. The number of benzene rings is 12. The molecule has 0 saturated carbocycles. The minimum atomic E-state index is -0.637. The van der Waals surface area contributed by atoms with E-state index in [4.69, 9.17) is 27.3 Å². The lowest BCUT2D eigenvalue weighted by molar-refractivity contribution is 1.07. The number of aromatic nitrogens is 5. The molecule has 0 saturated heterocycles. The number of rotatable bonds is 8. The molecule has 0 N–H and O–H groups in total. The van der Waals surface area contributed by atoms with Gasteiger partial charge in [0.05, 0.1) is 60.6 Å². The number of thiophene rings is 2. The molecule has 17 rings (SSSR count). The first-order valence-corrected chi connectivity index (χ1v) is 28.4. The van der Waals surface area contributed by atoms with Crippen LogP contribution in [-0.2, 0) is 0 Å².